The maximum absolute atomic E-state index is 10.3. The molecule has 5 heteroatoms. The number of aromatic nitrogens is 3. The van der Waals surface area contributed by atoms with Gasteiger partial charge in [0.2, 0.25) is 0 Å². The Labute approximate surface area is 72.4 Å². The second kappa shape index (κ2) is 2.86. The van der Waals surface area contributed by atoms with Crippen LogP contribution in [-0.4, -0.2) is 20.6 Å². The van der Waals surface area contributed by atoms with E-state index in [1.807, 2.05) is 6.07 Å². The lowest BCUT2D eigenvalue weighted by atomic mass is 10.5. The molecule has 0 spiro atoms. The van der Waals surface area contributed by atoms with Crippen LogP contribution in [-0.2, 0) is 0 Å². The number of carbonyl (C=O) groups excluding carboxylic acids is 1. The van der Waals surface area contributed by atoms with Crippen LogP contribution in [0.15, 0.2) is 18.5 Å². The number of carbonyl (C=O) groups is 1. The topological polar surface area (TPSA) is 58.6 Å². The molecule has 0 aliphatic heterocycles. The smallest absolute Gasteiger partial charge is 0.170 e. The summed E-state index contributed by atoms with van der Waals surface area (Å²) < 4.78 is 3.93. The average molecular weight is 179 g/mol. The molecule has 0 aromatic carbocycles. The molecule has 2 heterocycles. The highest BCUT2D eigenvalue weighted by Crippen LogP contribution is 2.18. The number of aromatic amines is 1. The second-order valence-electron chi connectivity index (χ2n) is 2.17. The van der Waals surface area contributed by atoms with E-state index in [2.05, 4.69) is 14.3 Å². The maximum Gasteiger partial charge on any atom is 0.170 e. The van der Waals surface area contributed by atoms with Gasteiger partial charge in [0.25, 0.3) is 0 Å². The first-order valence-electron chi connectivity index (χ1n) is 3.32. The lowest BCUT2D eigenvalue weighted by molar-refractivity contribution is 0.111. The van der Waals surface area contributed by atoms with Crippen LogP contribution in [0.3, 0.4) is 0 Å². The monoisotopic (exact) mass is 179 g/mol. The predicted octanol–water partition coefficient (Wildman–Crippen LogP) is 1.35. The van der Waals surface area contributed by atoms with Crippen molar-refractivity contribution >= 4 is 17.8 Å². The van der Waals surface area contributed by atoms with Crippen LogP contribution in [0.5, 0.6) is 0 Å². The van der Waals surface area contributed by atoms with Crippen molar-refractivity contribution in [1.82, 2.24) is 14.3 Å². The van der Waals surface area contributed by atoms with E-state index >= 15 is 0 Å². The van der Waals surface area contributed by atoms with Crippen LogP contribution >= 0.6 is 11.5 Å². The Morgan fingerprint density at radius 3 is 3.08 bits per heavy atom. The summed E-state index contributed by atoms with van der Waals surface area (Å²) in [7, 11) is 0. The molecule has 4 nitrogen and oxygen atoms in total. The van der Waals surface area contributed by atoms with Gasteiger partial charge in [-0.25, -0.2) is 9.36 Å². The van der Waals surface area contributed by atoms with E-state index in [-0.39, 0.29) is 0 Å². The highest BCUT2D eigenvalue weighted by atomic mass is 32.1. The van der Waals surface area contributed by atoms with Gasteiger partial charge in [0.05, 0.1) is 4.88 Å². The van der Waals surface area contributed by atoms with E-state index < -0.39 is 0 Å². The Hall–Kier alpha value is -1.49. The maximum atomic E-state index is 10.3. The quantitative estimate of drug-likeness (QED) is 0.708. The molecule has 0 amide bonds. The van der Waals surface area contributed by atoms with Crippen LogP contribution in [0.2, 0.25) is 0 Å². The summed E-state index contributed by atoms with van der Waals surface area (Å²) in [6.07, 6.45) is 3.98. The third kappa shape index (κ3) is 1.14. The number of H-pyrrole nitrogens is 1. The van der Waals surface area contributed by atoms with Crippen molar-refractivity contribution in [2.24, 2.45) is 0 Å². The molecule has 12 heavy (non-hydrogen) atoms. The standard InChI is InChI=1S/C7H5N3OS/c11-4-5-3-8-7(10-5)6-1-2-9-12-6/h1-4H,(H,8,10). The summed E-state index contributed by atoms with van der Waals surface area (Å²) in [4.78, 5) is 18.1. The summed E-state index contributed by atoms with van der Waals surface area (Å²) in [6, 6.07) is 1.85. The van der Waals surface area contributed by atoms with Crippen LogP contribution in [0.25, 0.3) is 10.7 Å². The minimum Gasteiger partial charge on any atom is -0.343 e. The van der Waals surface area contributed by atoms with Gasteiger partial charge in [-0.2, -0.15) is 0 Å². The molecule has 0 fully saturated rings. The van der Waals surface area contributed by atoms with Crippen LogP contribution in [0, 0.1) is 0 Å². The molecule has 0 atom stereocenters. The van der Waals surface area contributed by atoms with Gasteiger partial charge in [-0.3, -0.25) is 4.79 Å². The molecule has 0 saturated heterocycles. The molecule has 0 radical (unpaired) electrons. The van der Waals surface area contributed by atoms with Gasteiger partial charge in [0.15, 0.2) is 6.29 Å². The molecule has 60 valence electrons. The van der Waals surface area contributed by atoms with Crippen molar-refractivity contribution in [1.29, 1.82) is 0 Å². The fourth-order valence-corrected chi connectivity index (χ4v) is 1.41. The summed E-state index contributed by atoms with van der Waals surface area (Å²) in [5, 5.41) is 0. The molecular weight excluding hydrogens is 174 g/mol. The predicted molar refractivity (Wildman–Crippen MR) is 45.1 cm³/mol. The first-order valence-corrected chi connectivity index (χ1v) is 4.09. The van der Waals surface area contributed by atoms with Gasteiger partial charge in [-0.1, -0.05) is 0 Å². The molecule has 0 saturated carbocycles. The number of aldehydes is 1. The van der Waals surface area contributed by atoms with Crippen molar-refractivity contribution in [3.05, 3.63) is 24.2 Å². The molecule has 2 aromatic heterocycles. The second-order valence-corrected chi connectivity index (χ2v) is 3.00. The molecular formula is C7H5N3OS. The number of rotatable bonds is 2. The summed E-state index contributed by atoms with van der Waals surface area (Å²) in [5.41, 5.74) is 0.415. The zero-order valence-corrected chi connectivity index (χ0v) is 6.84. The van der Waals surface area contributed by atoms with E-state index in [4.69, 9.17) is 0 Å². The molecule has 2 aromatic rings. The molecule has 0 aliphatic rings. The van der Waals surface area contributed by atoms with Crippen LogP contribution < -0.4 is 0 Å². The Bertz CT molecular complexity index is 379. The Kier molecular flexibility index (Phi) is 1.71. The van der Waals surface area contributed by atoms with Gasteiger partial charge < -0.3 is 4.98 Å². The molecule has 0 bridgehead atoms. The zero-order chi connectivity index (χ0) is 8.39. The van der Waals surface area contributed by atoms with Gasteiger partial charge in [0.1, 0.15) is 11.5 Å². The Morgan fingerprint density at radius 1 is 1.58 bits per heavy atom. The number of nitrogens with one attached hydrogen (secondary N) is 1. The summed E-state index contributed by atoms with van der Waals surface area (Å²) >= 11 is 1.34. The fourth-order valence-electron chi connectivity index (χ4n) is 0.860. The third-order valence-corrected chi connectivity index (χ3v) is 2.14. The Balaban J connectivity index is 2.41. The molecule has 0 aliphatic carbocycles. The van der Waals surface area contributed by atoms with Gasteiger partial charge in [-0.05, 0) is 17.6 Å². The molecule has 1 N–H and O–H groups in total. The van der Waals surface area contributed by atoms with Crippen molar-refractivity contribution in [3.63, 3.8) is 0 Å². The van der Waals surface area contributed by atoms with Crippen molar-refractivity contribution in [2.45, 2.75) is 0 Å². The fraction of sp³-hybridized carbons (Fsp3) is 0. The lowest BCUT2D eigenvalue weighted by Gasteiger charge is -1.84. The molecule has 0 unspecified atom stereocenters. The zero-order valence-electron chi connectivity index (χ0n) is 6.02. The molecule has 2 rings (SSSR count). The van der Waals surface area contributed by atoms with Gasteiger partial charge in [0, 0.05) is 12.4 Å². The van der Waals surface area contributed by atoms with E-state index in [0.717, 1.165) is 4.88 Å². The van der Waals surface area contributed by atoms with Crippen molar-refractivity contribution < 1.29 is 4.79 Å². The summed E-state index contributed by atoms with van der Waals surface area (Å²) in [5.74, 6) is 0.694. The Morgan fingerprint density at radius 2 is 2.50 bits per heavy atom. The first kappa shape index (κ1) is 7.17. The highest BCUT2D eigenvalue weighted by molar-refractivity contribution is 7.09. The van der Waals surface area contributed by atoms with E-state index in [1.54, 1.807) is 12.4 Å². The number of hydrogen-bond acceptors (Lipinski definition) is 4. The SMILES string of the molecule is O=Cc1c[nH]c(-c2ccns2)n1. The highest BCUT2D eigenvalue weighted by Gasteiger charge is 2.03. The number of imidazole rings is 1. The van der Waals surface area contributed by atoms with E-state index in [0.29, 0.717) is 17.8 Å². The normalized spacial score (nSPS) is 10.0. The van der Waals surface area contributed by atoms with Crippen LogP contribution in [0.4, 0.5) is 0 Å². The number of nitrogens with zero attached hydrogens (tertiary/aromatic N) is 2. The lowest BCUT2D eigenvalue weighted by Crippen LogP contribution is -1.77. The van der Waals surface area contributed by atoms with E-state index in [1.165, 1.54) is 11.5 Å². The van der Waals surface area contributed by atoms with Gasteiger partial charge >= 0.3 is 0 Å². The average Bonchev–Trinajstić information content (AvgIpc) is 2.75. The minimum absolute atomic E-state index is 0.415. The third-order valence-electron chi connectivity index (χ3n) is 1.39. The summed E-state index contributed by atoms with van der Waals surface area (Å²) in [6.45, 7) is 0. The number of hydrogen-bond donors (Lipinski definition) is 1. The van der Waals surface area contributed by atoms with E-state index in [9.17, 15) is 4.79 Å². The minimum atomic E-state index is 0.415. The van der Waals surface area contributed by atoms with Gasteiger partial charge in [-0.15, -0.1) is 0 Å². The van der Waals surface area contributed by atoms with Crippen molar-refractivity contribution in [2.75, 3.05) is 0 Å². The van der Waals surface area contributed by atoms with Crippen molar-refractivity contribution in [3.8, 4) is 10.7 Å². The first-order chi connectivity index (χ1) is 5.90. The largest absolute Gasteiger partial charge is 0.343 e. The van der Waals surface area contributed by atoms with Crippen LogP contribution in [0.1, 0.15) is 10.5 Å².